The molecule has 0 fully saturated rings. The Morgan fingerprint density at radius 2 is 1.72 bits per heavy atom. The topological polar surface area (TPSA) is 76.9 Å². The fourth-order valence-corrected chi connectivity index (χ4v) is 3.92. The molecule has 1 heterocycles. The zero-order valence-electron chi connectivity index (χ0n) is 16.7. The van der Waals surface area contributed by atoms with Gasteiger partial charge < -0.3 is 18.4 Å². The number of aryl methyl sites for hydroxylation is 3. The van der Waals surface area contributed by atoms with Crippen LogP contribution in [-0.4, -0.2) is 23.2 Å². The predicted molar refractivity (Wildman–Crippen MR) is 111 cm³/mol. The summed E-state index contributed by atoms with van der Waals surface area (Å²) in [7, 11) is -3.75. The number of aromatic nitrogens is 3. The van der Waals surface area contributed by atoms with Crippen molar-refractivity contribution in [3.63, 3.8) is 0 Å². The Morgan fingerprint density at radius 1 is 1.10 bits per heavy atom. The number of benzene rings is 2. The molecule has 8 heteroatoms. The summed E-state index contributed by atoms with van der Waals surface area (Å²) in [5, 5.41) is 8.20. The number of hydrogen-bond acceptors (Lipinski definition) is 4. The maximum Gasteiger partial charge on any atom is 2.00 e. The Hall–Kier alpha value is -1.98. The van der Waals surface area contributed by atoms with Gasteiger partial charge in [-0.15, -0.1) is 16.2 Å². The number of nitrogens with one attached hydrogen (secondary N) is 1. The van der Waals surface area contributed by atoms with Crippen LogP contribution in [0.3, 0.4) is 0 Å². The number of sulfonamides is 1. The van der Waals surface area contributed by atoms with Gasteiger partial charge in [0.1, 0.15) is 6.33 Å². The third kappa shape index (κ3) is 4.96. The van der Waals surface area contributed by atoms with E-state index >= 15 is 0 Å². The monoisotopic (exact) mass is 580 g/mol. The second-order valence-corrected chi connectivity index (χ2v) is 8.59. The van der Waals surface area contributed by atoms with Crippen molar-refractivity contribution < 1.29 is 29.5 Å². The summed E-state index contributed by atoms with van der Waals surface area (Å²) in [4.78, 5) is 0.205. The first-order valence-electron chi connectivity index (χ1n) is 8.96. The summed E-state index contributed by atoms with van der Waals surface area (Å²) >= 11 is 0. The standard InChI is InChI=1S/C21H24N4O2S.W/c1-6-17(5)25-13-22-23-21(25)19-11-15(3)16(4)12-20(19)24-28(26,27)18-9-7-14(2)8-10-18;/h7-13,17,24H,1,5-6H2,2-4H3;/q-2;+2. The van der Waals surface area contributed by atoms with Gasteiger partial charge in [0, 0.05) is 5.56 Å². The molecule has 0 saturated heterocycles. The van der Waals surface area contributed by atoms with E-state index in [0.29, 0.717) is 23.5 Å². The van der Waals surface area contributed by atoms with Crippen molar-refractivity contribution >= 4 is 15.7 Å². The number of nitrogens with zero attached hydrogens (tertiary/aromatic N) is 3. The van der Waals surface area contributed by atoms with Crippen molar-refractivity contribution in [3.05, 3.63) is 73.3 Å². The predicted octanol–water partition coefficient (Wildman–Crippen LogP) is 4.27. The molecule has 1 atom stereocenters. The third-order valence-corrected chi connectivity index (χ3v) is 6.13. The molecule has 0 amide bonds. The largest absolute Gasteiger partial charge is 2.00 e. The van der Waals surface area contributed by atoms with Gasteiger partial charge >= 0.3 is 21.1 Å². The Morgan fingerprint density at radius 3 is 2.34 bits per heavy atom. The molecular weight excluding hydrogens is 556 g/mol. The van der Waals surface area contributed by atoms with Crippen molar-refractivity contribution in [1.29, 1.82) is 0 Å². The number of rotatable bonds is 6. The fourth-order valence-electron chi connectivity index (χ4n) is 2.85. The first-order chi connectivity index (χ1) is 13.2. The van der Waals surface area contributed by atoms with Crippen molar-refractivity contribution in [1.82, 2.24) is 14.8 Å². The first-order valence-corrected chi connectivity index (χ1v) is 10.4. The zero-order valence-corrected chi connectivity index (χ0v) is 20.5. The number of hydrogen-bond donors (Lipinski definition) is 1. The van der Waals surface area contributed by atoms with Gasteiger partial charge in [-0.05, 0) is 56.2 Å². The van der Waals surface area contributed by atoms with Gasteiger partial charge in [0.25, 0.3) is 10.0 Å². The molecule has 29 heavy (non-hydrogen) atoms. The van der Waals surface area contributed by atoms with Crippen LogP contribution in [0, 0.1) is 34.6 Å². The normalized spacial score (nSPS) is 12.3. The molecular formula is C21H24N4O2SW. The van der Waals surface area contributed by atoms with E-state index in [2.05, 4.69) is 28.8 Å². The van der Waals surface area contributed by atoms with E-state index in [1.807, 2.05) is 32.9 Å². The van der Waals surface area contributed by atoms with Crippen LogP contribution in [0.4, 0.5) is 5.69 Å². The second-order valence-electron chi connectivity index (χ2n) is 6.90. The zero-order chi connectivity index (χ0) is 20.5. The molecule has 0 aliphatic carbocycles. The Bertz CT molecular complexity index is 1090. The van der Waals surface area contributed by atoms with E-state index in [-0.39, 0.29) is 32.0 Å². The summed E-state index contributed by atoms with van der Waals surface area (Å²) in [6.07, 6.45) is 2.14. The van der Waals surface area contributed by atoms with Crippen LogP contribution >= 0.6 is 0 Å². The SMILES string of the molecule is [CH2-]CC([CH2-])n1cnnc1-c1cc(C)c(C)cc1NS(=O)(=O)c1ccc(C)cc1.[W+2]. The van der Waals surface area contributed by atoms with Gasteiger partial charge in [-0.1, -0.05) is 17.7 Å². The molecule has 3 rings (SSSR count). The Balaban J connectivity index is 0.00000300. The van der Waals surface area contributed by atoms with Crippen LogP contribution in [0.5, 0.6) is 0 Å². The quantitative estimate of drug-likeness (QED) is 0.443. The summed E-state index contributed by atoms with van der Waals surface area (Å²) < 4.78 is 30.4. The van der Waals surface area contributed by atoms with Crippen molar-refractivity contribution in [3.8, 4) is 11.4 Å². The van der Waals surface area contributed by atoms with Gasteiger partial charge in [0.05, 0.1) is 10.6 Å². The molecule has 1 N–H and O–H groups in total. The molecule has 2 aromatic carbocycles. The minimum atomic E-state index is -3.75. The van der Waals surface area contributed by atoms with E-state index < -0.39 is 10.0 Å². The van der Waals surface area contributed by atoms with Crippen molar-refractivity contribution in [2.75, 3.05) is 4.72 Å². The second kappa shape index (κ2) is 9.22. The summed E-state index contributed by atoms with van der Waals surface area (Å²) in [5.41, 5.74) is 4.10. The first kappa shape index (κ1) is 23.3. The Labute approximate surface area is 187 Å². The molecule has 0 aliphatic rings. The molecule has 0 radical (unpaired) electrons. The number of anilines is 1. The third-order valence-electron chi connectivity index (χ3n) is 4.75. The van der Waals surface area contributed by atoms with E-state index in [0.717, 1.165) is 16.7 Å². The van der Waals surface area contributed by atoms with Crippen LogP contribution in [0.15, 0.2) is 47.6 Å². The molecule has 152 valence electrons. The van der Waals surface area contributed by atoms with E-state index in [4.69, 9.17) is 0 Å². The van der Waals surface area contributed by atoms with Gasteiger partial charge in [-0.3, -0.25) is 4.72 Å². The van der Waals surface area contributed by atoms with E-state index in [1.54, 1.807) is 35.2 Å². The summed E-state index contributed by atoms with van der Waals surface area (Å²) in [6, 6.07) is 10.3. The molecule has 0 spiro atoms. The molecule has 0 aliphatic heterocycles. The van der Waals surface area contributed by atoms with Crippen molar-refractivity contribution in [2.45, 2.75) is 38.1 Å². The fraction of sp³-hybridized carbons (Fsp3) is 0.238. The molecule has 3 aromatic rings. The molecule has 1 unspecified atom stereocenters. The van der Waals surface area contributed by atoms with Gasteiger partial charge in [0.15, 0.2) is 5.82 Å². The Kier molecular flexibility index (Phi) is 7.41. The van der Waals surface area contributed by atoms with Gasteiger partial charge in [0.2, 0.25) is 0 Å². The summed E-state index contributed by atoms with van der Waals surface area (Å²) in [5.74, 6) is 0.549. The van der Waals surface area contributed by atoms with Crippen molar-refractivity contribution in [2.24, 2.45) is 0 Å². The van der Waals surface area contributed by atoms with Crippen LogP contribution < -0.4 is 4.72 Å². The minimum Gasteiger partial charge on any atom is -0.344 e. The summed E-state index contributed by atoms with van der Waals surface area (Å²) in [6.45, 7) is 13.8. The average molecular weight is 580 g/mol. The van der Waals surface area contributed by atoms with E-state index in [1.165, 1.54) is 0 Å². The van der Waals surface area contributed by atoms with Gasteiger partial charge in [-0.25, -0.2) is 8.42 Å². The average Bonchev–Trinajstić information content (AvgIpc) is 3.13. The molecule has 0 bridgehead atoms. The van der Waals surface area contributed by atoms with E-state index in [9.17, 15) is 8.42 Å². The van der Waals surface area contributed by atoms with Crippen LogP contribution in [-0.2, 0) is 31.1 Å². The maximum atomic E-state index is 12.9. The molecule has 0 saturated carbocycles. The minimum absolute atomic E-state index is 0. The molecule has 6 nitrogen and oxygen atoms in total. The molecule has 1 aromatic heterocycles. The van der Waals surface area contributed by atoms with Gasteiger partial charge in [-0.2, -0.15) is 6.42 Å². The van der Waals surface area contributed by atoms with Crippen LogP contribution in [0.25, 0.3) is 11.4 Å². The smallest absolute Gasteiger partial charge is 0.344 e. The van der Waals surface area contributed by atoms with Crippen LogP contribution in [0.1, 0.15) is 29.2 Å². The van der Waals surface area contributed by atoms with Crippen LogP contribution in [0.2, 0.25) is 0 Å². The maximum absolute atomic E-state index is 12.9.